The van der Waals surface area contributed by atoms with E-state index in [4.69, 9.17) is 0 Å². The van der Waals surface area contributed by atoms with Crippen LogP contribution in [0.2, 0.25) is 0 Å². The van der Waals surface area contributed by atoms with Crippen LogP contribution in [0, 0.1) is 0 Å². The zero-order valence-corrected chi connectivity index (χ0v) is 9.85. The second kappa shape index (κ2) is 5.83. The number of aliphatic hydroxyl groups is 1. The van der Waals surface area contributed by atoms with Crippen molar-refractivity contribution in [3.8, 4) is 0 Å². The molecular weight excluding hydrogens is 198 g/mol. The molecule has 0 saturated heterocycles. The molecule has 14 heavy (non-hydrogen) atoms. The Morgan fingerprint density at radius 3 is 2.79 bits per heavy atom. The van der Waals surface area contributed by atoms with E-state index >= 15 is 0 Å². The summed E-state index contributed by atoms with van der Waals surface area (Å²) in [5.74, 6) is 0. The van der Waals surface area contributed by atoms with Gasteiger partial charge in [-0.1, -0.05) is 6.92 Å². The van der Waals surface area contributed by atoms with E-state index in [1.54, 1.807) is 6.26 Å². The summed E-state index contributed by atoms with van der Waals surface area (Å²) in [4.78, 5) is 0. The van der Waals surface area contributed by atoms with E-state index in [1.165, 1.54) is 0 Å². The van der Waals surface area contributed by atoms with Crippen LogP contribution in [0.15, 0.2) is 0 Å². The monoisotopic (exact) mass is 219 g/mol. The van der Waals surface area contributed by atoms with Crippen LogP contribution in [-0.2, 0) is 10.8 Å². The maximum absolute atomic E-state index is 11.1. The number of aliphatic hydroxyl groups excluding tert-OH is 1. The van der Waals surface area contributed by atoms with Crippen molar-refractivity contribution in [1.82, 2.24) is 5.32 Å². The number of hydrogen-bond acceptors (Lipinski definition) is 3. The van der Waals surface area contributed by atoms with Crippen LogP contribution in [0.3, 0.4) is 0 Å². The first kappa shape index (κ1) is 12.1. The predicted molar refractivity (Wildman–Crippen MR) is 59.8 cm³/mol. The molecule has 4 heteroatoms. The second-order valence-corrected chi connectivity index (χ2v) is 5.96. The largest absolute Gasteiger partial charge is 0.392 e. The van der Waals surface area contributed by atoms with Crippen LogP contribution in [-0.4, -0.2) is 39.5 Å². The molecule has 1 aliphatic rings. The molecule has 1 rings (SSSR count). The lowest BCUT2D eigenvalue weighted by atomic mass is 10.2. The zero-order chi connectivity index (χ0) is 10.6. The third-order valence-corrected chi connectivity index (χ3v) is 4.37. The van der Waals surface area contributed by atoms with Gasteiger partial charge in [0.05, 0.1) is 6.10 Å². The minimum atomic E-state index is -0.725. The minimum absolute atomic E-state index is 0.169. The van der Waals surface area contributed by atoms with E-state index in [2.05, 4.69) is 5.32 Å². The molecule has 0 spiro atoms. The van der Waals surface area contributed by atoms with Gasteiger partial charge in [0, 0.05) is 28.3 Å². The fourth-order valence-electron chi connectivity index (χ4n) is 1.82. The smallest absolute Gasteiger partial charge is 0.0693 e. The number of nitrogens with one attached hydrogen (secondary N) is 1. The highest BCUT2D eigenvalue weighted by Crippen LogP contribution is 2.18. The van der Waals surface area contributed by atoms with Gasteiger partial charge in [-0.15, -0.1) is 0 Å². The first-order valence-corrected chi connectivity index (χ1v) is 6.97. The average Bonchev–Trinajstić information content (AvgIpc) is 2.51. The van der Waals surface area contributed by atoms with Gasteiger partial charge in [-0.25, -0.2) is 0 Å². The van der Waals surface area contributed by atoms with Gasteiger partial charge in [0.1, 0.15) is 0 Å². The quantitative estimate of drug-likeness (QED) is 0.713. The minimum Gasteiger partial charge on any atom is -0.392 e. The van der Waals surface area contributed by atoms with Gasteiger partial charge in [0.2, 0.25) is 0 Å². The lowest BCUT2D eigenvalue weighted by molar-refractivity contribution is 0.149. The molecule has 0 heterocycles. The van der Waals surface area contributed by atoms with Crippen molar-refractivity contribution in [1.29, 1.82) is 0 Å². The molecule has 3 nitrogen and oxygen atoms in total. The molecule has 0 aromatic heterocycles. The first-order valence-electron chi connectivity index (χ1n) is 5.35. The highest BCUT2D eigenvalue weighted by Gasteiger charge is 2.24. The highest BCUT2D eigenvalue weighted by atomic mass is 32.2. The maximum atomic E-state index is 11.1. The number of hydrogen-bond donors (Lipinski definition) is 2. The van der Waals surface area contributed by atoms with Gasteiger partial charge >= 0.3 is 0 Å². The van der Waals surface area contributed by atoms with Crippen LogP contribution >= 0.6 is 0 Å². The van der Waals surface area contributed by atoms with Crippen molar-refractivity contribution < 1.29 is 9.32 Å². The van der Waals surface area contributed by atoms with E-state index in [0.29, 0.717) is 0 Å². The molecule has 84 valence electrons. The molecule has 4 atom stereocenters. The van der Waals surface area contributed by atoms with E-state index in [-0.39, 0.29) is 17.4 Å². The summed E-state index contributed by atoms with van der Waals surface area (Å²) in [7, 11) is -0.725. The summed E-state index contributed by atoms with van der Waals surface area (Å²) in [5.41, 5.74) is 0. The van der Waals surface area contributed by atoms with Gasteiger partial charge < -0.3 is 10.4 Å². The van der Waals surface area contributed by atoms with Gasteiger partial charge in [0.15, 0.2) is 0 Å². The Hall–Kier alpha value is 0.0700. The summed E-state index contributed by atoms with van der Waals surface area (Å²) in [6.45, 7) is 2.87. The molecule has 0 aromatic rings. The van der Waals surface area contributed by atoms with Crippen molar-refractivity contribution in [2.45, 2.75) is 50.0 Å². The second-order valence-electron chi connectivity index (χ2n) is 4.16. The first-order chi connectivity index (χ1) is 6.61. The van der Waals surface area contributed by atoms with Crippen LogP contribution < -0.4 is 5.32 Å². The highest BCUT2D eigenvalue weighted by molar-refractivity contribution is 7.84. The molecule has 2 unspecified atom stereocenters. The fourth-order valence-corrected chi connectivity index (χ4v) is 2.27. The van der Waals surface area contributed by atoms with Crippen LogP contribution in [0.1, 0.15) is 32.6 Å². The molecule has 0 aromatic carbocycles. The van der Waals surface area contributed by atoms with Gasteiger partial charge in [0.25, 0.3) is 0 Å². The van der Waals surface area contributed by atoms with Crippen LogP contribution in [0.25, 0.3) is 0 Å². The molecular formula is C10H21NO2S. The third kappa shape index (κ3) is 3.67. The fraction of sp³-hybridized carbons (Fsp3) is 1.00. The molecule has 1 aliphatic carbocycles. The molecule has 1 saturated carbocycles. The summed E-state index contributed by atoms with van der Waals surface area (Å²) in [6.07, 6.45) is 5.62. The van der Waals surface area contributed by atoms with Crippen LogP contribution in [0.4, 0.5) is 0 Å². The van der Waals surface area contributed by atoms with E-state index in [1.807, 2.05) is 6.92 Å². The van der Waals surface area contributed by atoms with E-state index in [0.717, 1.165) is 32.2 Å². The summed E-state index contributed by atoms with van der Waals surface area (Å²) < 4.78 is 11.1. The van der Waals surface area contributed by atoms with Crippen molar-refractivity contribution in [2.75, 3.05) is 12.8 Å². The molecule has 2 N–H and O–H groups in total. The van der Waals surface area contributed by atoms with Crippen molar-refractivity contribution in [3.05, 3.63) is 0 Å². The van der Waals surface area contributed by atoms with E-state index < -0.39 is 10.8 Å². The van der Waals surface area contributed by atoms with Gasteiger partial charge in [-0.2, -0.15) is 0 Å². The summed E-state index contributed by atoms with van der Waals surface area (Å²) in [5, 5.41) is 13.1. The van der Waals surface area contributed by atoms with Crippen molar-refractivity contribution in [2.24, 2.45) is 0 Å². The van der Waals surface area contributed by atoms with Crippen molar-refractivity contribution >= 4 is 10.8 Å². The topological polar surface area (TPSA) is 49.3 Å². The predicted octanol–water partition coefficient (Wildman–Crippen LogP) is 0.646. The lowest BCUT2D eigenvalue weighted by Crippen LogP contribution is -2.37. The Balaban J connectivity index is 2.11. The Morgan fingerprint density at radius 1 is 1.57 bits per heavy atom. The summed E-state index contributed by atoms with van der Waals surface area (Å²) >= 11 is 0. The van der Waals surface area contributed by atoms with Crippen LogP contribution in [0.5, 0.6) is 0 Å². The molecule has 0 radical (unpaired) electrons. The Bertz CT molecular complexity index is 199. The Kier molecular flexibility index (Phi) is 5.06. The van der Waals surface area contributed by atoms with Crippen molar-refractivity contribution in [3.63, 3.8) is 0 Å². The lowest BCUT2D eigenvalue weighted by Gasteiger charge is -2.17. The third-order valence-electron chi connectivity index (χ3n) is 3.00. The molecule has 0 amide bonds. The van der Waals surface area contributed by atoms with Gasteiger partial charge in [-0.05, 0) is 32.2 Å². The standard InChI is InChI=1S/C10H21NO2S/c1-8(14(2)13)6-7-11-9-4-3-5-10(9)12/h8-12H,3-7H2,1-2H3/t8?,9-,10-,14?/m1/s1. The summed E-state index contributed by atoms with van der Waals surface area (Å²) in [6, 6.07) is 0.271. The normalized spacial score (nSPS) is 31.6. The Morgan fingerprint density at radius 2 is 2.29 bits per heavy atom. The molecule has 0 bridgehead atoms. The average molecular weight is 219 g/mol. The molecule has 1 fully saturated rings. The van der Waals surface area contributed by atoms with Gasteiger partial charge in [-0.3, -0.25) is 4.21 Å². The maximum Gasteiger partial charge on any atom is 0.0693 e. The number of rotatable bonds is 5. The molecule has 0 aliphatic heterocycles. The SMILES string of the molecule is CC(CCN[C@@H]1CCC[C@H]1O)S(C)=O. The zero-order valence-electron chi connectivity index (χ0n) is 9.03. The van der Waals surface area contributed by atoms with E-state index in [9.17, 15) is 9.32 Å². The Labute approximate surface area is 88.7 Å².